The minimum atomic E-state index is -0.908. The second kappa shape index (κ2) is 5.49. The highest BCUT2D eigenvalue weighted by atomic mass is 32.1. The predicted molar refractivity (Wildman–Crippen MR) is 72.0 cm³/mol. The summed E-state index contributed by atoms with van der Waals surface area (Å²) in [5.41, 5.74) is 0.480. The van der Waals surface area contributed by atoms with Crippen molar-refractivity contribution in [3.05, 3.63) is 16.1 Å². The first-order valence-electron chi connectivity index (χ1n) is 6.71. The zero-order valence-corrected chi connectivity index (χ0v) is 11.8. The molecule has 1 amide bonds. The summed E-state index contributed by atoms with van der Waals surface area (Å²) in [5.74, 6) is -0.480. The van der Waals surface area contributed by atoms with Gasteiger partial charge in [0, 0.05) is 24.4 Å². The van der Waals surface area contributed by atoms with E-state index in [9.17, 15) is 9.59 Å². The van der Waals surface area contributed by atoms with Crippen LogP contribution in [0.5, 0.6) is 0 Å². The van der Waals surface area contributed by atoms with Crippen molar-refractivity contribution in [1.82, 2.24) is 9.88 Å². The predicted octanol–water partition coefficient (Wildman–Crippen LogP) is 1.34. The van der Waals surface area contributed by atoms with Gasteiger partial charge in [-0.15, -0.1) is 11.3 Å². The number of ether oxygens (including phenoxy) is 1. The van der Waals surface area contributed by atoms with Crippen LogP contribution in [0.3, 0.4) is 0 Å². The maximum atomic E-state index is 12.4. The van der Waals surface area contributed by atoms with Gasteiger partial charge in [-0.3, -0.25) is 9.59 Å². The van der Waals surface area contributed by atoms with E-state index in [0.717, 1.165) is 5.01 Å². The molecule has 1 atom stereocenters. The lowest BCUT2D eigenvalue weighted by Crippen LogP contribution is -2.46. The van der Waals surface area contributed by atoms with Gasteiger partial charge >= 0.3 is 5.97 Å². The van der Waals surface area contributed by atoms with Crippen LogP contribution in [0, 0.1) is 0 Å². The zero-order valence-electron chi connectivity index (χ0n) is 10.9. The molecule has 7 heteroatoms. The van der Waals surface area contributed by atoms with Crippen LogP contribution in [0.2, 0.25) is 0 Å². The number of nitrogens with zero attached hydrogens (tertiary/aromatic N) is 2. The molecule has 2 fully saturated rings. The Hall–Kier alpha value is -1.47. The fourth-order valence-corrected chi connectivity index (χ4v) is 3.25. The summed E-state index contributed by atoms with van der Waals surface area (Å²) >= 11 is 1.54. The largest absolute Gasteiger partial charge is 0.481 e. The molecule has 1 aromatic rings. The second-order valence-electron chi connectivity index (χ2n) is 5.19. The van der Waals surface area contributed by atoms with Crippen molar-refractivity contribution < 1.29 is 19.4 Å². The van der Waals surface area contributed by atoms with Gasteiger partial charge < -0.3 is 14.7 Å². The summed E-state index contributed by atoms with van der Waals surface area (Å²) in [6.07, 6.45) is 1.83. The van der Waals surface area contributed by atoms with Gasteiger partial charge in [-0.2, -0.15) is 0 Å². The molecular weight excluding hydrogens is 280 g/mol. The molecule has 1 aromatic heterocycles. The van der Waals surface area contributed by atoms with Crippen molar-refractivity contribution in [3.8, 4) is 0 Å². The Bertz CT molecular complexity index is 526. The van der Waals surface area contributed by atoms with Gasteiger partial charge in [0.25, 0.3) is 5.91 Å². The third-order valence-corrected chi connectivity index (χ3v) is 4.50. The van der Waals surface area contributed by atoms with Gasteiger partial charge in [-0.05, 0) is 12.8 Å². The number of rotatable bonds is 4. The number of carboxylic acid groups (broad SMARTS) is 1. The Kier molecular flexibility index (Phi) is 3.71. The highest BCUT2D eigenvalue weighted by Crippen LogP contribution is 2.41. The van der Waals surface area contributed by atoms with Crippen LogP contribution in [0.15, 0.2) is 5.38 Å². The maximum absolute atomic E-state index is 12.4. The van der Waals surface area contributed by atoms with E-state index >= 15 is 0 Å². The average molecular weight is 296 g/mol. The molecule has 1 aliphatic carbocycles. The molecular formula is C13H16N2O4S. The molecule has 0 spiro atoms. The van der Waals surface area contributed by atoms with Crippen molar-refractivity contribution in [2.24, 2.45) is 0 Å². The lowest BCUT2D eigenvalue weighted by molar-refractivity contribution is -0.141. The van der Waals surface area contributed by atoms with Gasteiger partial charge in [-0.25, -0.2) is 4.98 Å². The van der Waals surface area contributed by atoms with E-state index in [1.54, 1.807) is 10.3 Å². The Morgan fingerprint density at radius 2 is 2.30 bits per heavy atom. The number of carbonyl (C=O) groups excluding carboxylic acids is 1. The number of hydrogen-bond donors (Lipinski definition) is 1. The number of aliphatic carboxylic acids is 1. The summed E-state index contributed by atoms with van der Waals surface area (Å²) < 4.78 is 5.37. The molecule has 1 saturated heterocycles. The van der Waals surface area contributed by atoms with Crippen molar-refractivity contribution >= 4 is 23.2 Å². The lowest BCUT2D eigenvalue weighted by Gasteiger charge is -2.31. The standard InChI is InChI=1S/C13H16N2O4S/c16-11(17)5-9-6-15(3-4-19-9)13(18)10-7-20-12(14-10)8-1-2-8/h7-9H,1-6H2,(H,16,17). The molecule has 0 aromatic carbocycles. The Balaban J connectivity index is 1.64. The van der Waals surface area contributed by atoms with Crippen LogP contribution in [0.4, 0.5) is 0 Å². The number of carboxylic acids is 1. The van der Waals surface area contributed by atoms with Gasteiger partial charge in [0.1, 0.15) is 5.69 Å². The van der Waals surface area contributed by atoms with E-state index in [-0.39, 0.29) is 12.3 Å². The fourth-order valence-electron chi connectivity index (χ4n) is 2.29. The minimum absolute atomic E-state index is 0.0752. The van der Waals surface area contributed by atoms with E-state index in [1.165, 1.54) is 24.2 Å². The first-order valence-corrected chi connectivity index (χ1v) is 7.59. The monoisotopic (exact) mass is 296 g/mol. The quantitative estimate of drug-likeness (QED) is 0.907. The molecule has 1 saturated carbocycles. The summed E-state index contributed by atoms with van der Waals surface area (Å²) in [7, 11) is 0. The van der Waals surface area contributed by atoms with E-state index in [0.29, 0.717) is 31.3 Å². The molecule has 2 heterocycles. The number of carbonyl (C=O) groups is 2. The number of amides is 1. The van der Waals surface area contributed by atoms with E-state index in [1.807, 2.05) is 0 Å². The Morgan fingerprint density at radius 3 is 3.00 bits per heavy atom. The van der Waals surface area contributed by atoms with Crippen LogP contribution in [-0.2, 0) is 9.53 Å². The van der Waals surface area contributed by atoms with Gasteiger partial charge in [-0.1, -0.05) is 0 Å². The van der Waals surface area contributed by atoms with Crippen molar-refractivity contribution in [1.29, 1.82) is 0 Å². The zero-order chi connectivity index (χ0) is 14.1. The summed E-state index contributed by atoms with van der Waals surface area (Å²) in [6.45, 7) is 1.19. The van der Waals surface area contributed by atoms with Crippen molar-refractivity contribution in [2.45, 2.75) is 31.3 Å². The topological polar surface area (TPSA) is 79.7 Å². The Labute approximate surface area is 120 Å². The number of aromatic nitrogens is 1. The van der Waals surface area contributed by atoms with Crippen LogP contribution < -0.4 is 0 Å². The second-order valence-corrected chi connectivity index (χ2v) is 6.08. The third kappa shape index (κ3) is 2.99. The number of hydrogen-bond acceptors (Lipinski definition) is 5. The number of morpholine rings is 1. The summed E-state index contributed by atoms with van der Waals surface area (Å²) in [4.78, 5) is 29.1. The van der Waals surface area contributed by atoms with Crippen LogP contribution in [-0.4, -0.2) is 52.7 Å². The van der Waals surface area contributed by atoms with Crippen LogP contribution in [0.25, 0.3) is 0 Å². The highest BCUT2D eigenvalue weighted by Gasteiger charge is 2.30. The van der Waals surface area contributed by atoms with E-state index in [4.69, 9.17) is 9.84 Å². The first-order chi connectivity index (χ1) is 9.63. The highest BCUT2D eigenvalue weighted by molar-refractivity contribution is 7.10. The van der Waals surface area contributed by atoms with Gasteiger partial charge in [0.05, 0.1) is 24.1 Å². The average Bonchev–Trinajstić information content (AvgIpc) is 3.15. The molecule has 1 aliphatic heterocycles. The maximum Gasteiger partial charge on any atom is 0.306 e. The third-order valence-electron chi connectivity index (χ3n) is 3.50. The lowest BCUT2D eigenvalue weighted by atomic mass is 10.2. The van der Waals surface area contributed by atoms with Crippen LogP contribution in [0.1, 0.15) is 40.7 Å². The molecule has 20 heavy (non-hydrogen) atoms. The van der Waals surface area contributed by atoms with Crippen molar-refractivity contribution in [2.75, 3.05) is 19.7 Å². The normalized spacial score (nSPS) is 22.8. The van der Waals surface area contributed by atoms with Gasteiger partial charge in [0.15, 0.2) is 0 Å². The molecule has 0 bridgehead atoms. The SMILES string of the molecule is O=C(O)CC1CN(C(=O)c2csc(C3CC3)n2)CCO1. The van der Waals surface area contributed by atoms with E-state index < -0.39 is 12.1 Å². The molecule has 0 radical (unpaired) electrons. The minimum Gasteiger partial charge on any atom is -0.481 e. The molecule has 108 valence electrons. The molecule has 1 N–H and O–H groups in total. The van der Waals surface area contributed by atoms with Crippen molar-refractivity contribution in [3.63, 3.8) is 0 Å². The fraction of sp³-hybridized carbons (Fsp3) is 0.615. The Morgan fingerprint density at radius 1 is 1.50 bits per heavy atom. The summed E-state index contributed by atoms with van der Waals surface area (Å²) in [5, 5.41) is 11.6. The summed E-state index contributed by atoms with van der Waals surface area (Å²) in [6, 6.07) is 0. The molecule has 3 rings (SSSR count). The first kappa shape index (κ1) is 13.5. The molecule has 2 aliphatic rings. The smallest absolute Gasteiger partial charge is 0.306 e. The van der Waals surface area contributed by atoms with E-state index in [2.05, 4.69) is 4.98 Å². The van der Waals surface area contributed by atoms with Gasteiger partial charge in [0.2, 0.25) is 0 Å². The molecule has 6 nitrogen and oxygen atoms in total. The molecule has 1 unspecified atom stereocenters. The number of thiazole rings is 1. The van der Waals surface area contributed by atoms with Crippen LogP contribution >= 0.6 is 11.3 Å².